The molecule has 0 heterocycles. The van der Waals surface area contributed by atoms with E-state index in [0.717, 1.165) is 12.8 Å². The summed E-state index contributed by atoms with van der Waals surface area (Å²) >= 11 is 0. The number of rotatable bonds is 6. The predicted octanol–water partition coefficient (Wildman–Crippen LogP) is 3.69. The third-order valence-electron chi connectivity index (χ3n) is 2.82. The van der Waals surface area contributed by atoms with Crippen molar-refractivity contribution in [3.8, 4) is 0 Å². The van der Waals surface area contributed by atoms with E-state index in [2.05, 4.69) is 13.8 Å². The fourth-order valence-electron chi connectivity index (χ4n) is 1.83. The number of halogens is 2. The molecule has 96 valence electrons. The smallest absolute Gasteiger partial charge is 0.129 e. The van der Waals surface area contributed by atoms with Gasteiger partial charge in [0.15, 0.2) is 0 Å². The SMILES string of the molecule is CC(C)CCCC(O)Cc1c(F)cccc1F. The maximum absolute atomic E-state index is 13.3. The number of aliphatic hydroxyl groups is 1. The lowest BCUT2D eigenvalue weighted by molar-refractivity contribution is 0.157. The molecule has 0 radical (unpaired) electrons. The second-order valence-electron chi connectivity index (χ2n) is 4.88. The molecule has 0 bridgehead atoms. The molecule has 0 saturated carbocycles. The summed E-state index contributed by atoms with van der Waals surface area (Å²) in [5.74, 6) is -0.562. The zero-order valence-electron chi connectivity index (χ0n) is 10.4. The van der Waals surface area contributed by atoms with Gasteiger partial charge in [-0.05, 0) is 24.5 Å². The maximum atomic E-state index is 13.3. The van der Waals surface area contributed by atoms with Gasteiger partial charge in [-0.3, -0.25) is 0 Å². The average Bonchev–Trinajstić information content (AvgIpc) is 2.23. The van der Waals surface area contributed by atoms with Crippen LogP contribution in [0.1, 0.15) is 38.7 Å². The van der Waals surface area contributed by atoms with Gasteiger partial charge in [0.25, 0.3) is 0 Å². The topological polar surface area (TPSA) is 20.2 Å². The highest BCUT2D eigenvalue weighted by Gasteiger charge is 2.13. The van der Waals surface area contributed by atoms with E-state index in [1.165, 1.54) is 18.2 Å². The van der Waals surface area contributed by atoms with Gasteiger partial charge in [-0.25, -0.2) is 8.78 Å². The average molecular weight is 242 g/mol. The second kappa shape index (κ2) is 6.70. The molecule has 0 fully saturated rings. The molecule has 0 aromatic heterocycles. The quantitative estimate of drug-likeness (QED) is 0.806. The Morgan fingerprint density at radius 3 is 2.24 bits per heavy atom. The minimum atomic E-state index is -0.667. The lowest BCUT2D eigenvalue weighted by Crippen LogP contribution is -2.13. The molecule has 1 N–H and O–H groups in total. The van der Waals surface area contributed by atoms with Crippen molar-refractivity contribution in [3.63, 3.8) is 0 Å². The van der Waals surface area contributed by atoms with E-state index in [4.69, 9.17) is 0 Å². The highest BCUT2D eigenvalue weighted by atomic mass is 19.1. The largest absolute Gasteiger partial charge is 0.393 e. The van der Waals surface area contributed by atoms with Crippen molar-refractivity contribution in [2.45, 2.75) is 45.6 Å². The number of benzene rings is 1. The van der Waals surface area contributed by atoms with E-state index >= 15 is 0 Å². The first-order chi connectivity index (χ1) is 8.00. The Kier molecular flexibility index (Phi) is 5.56. The second-order valence-corrected chi connectivity index (χ2v) is 4.88. The van der Waals surface area contributed by atoms with Crippen molar-refractivity contribution in [1.29, 1.82) is 0 Å². The molecule has 1 nitrogen and oxygen atoms in total. The summed E-state index contributed by atoms with van der Waals surface area (Å²) in [5.41, 5.74) is -0.00968. The molecule has 0 aliphatic carbocycles. The number of hydrogen-bond donors (Lipinski definition) is 1. The van der Waals surface area contributed by atoms with Crippen LogP contribution in [0.3, 0.4) is 0 Å². The minimum Gasteiger partial charge on any atom is -0.393 e. The highest BCUT2D eigenvalue weighted by molar-refractivity contribution is 5.20. The summed E-state index contributed by atoms with van der Waals surface area (Å²) in [6.45, 7) is 4.23. The van der Waals surface area contributed by atoms with Gasteiger partial charge >= 0.3 is 0 Å². The van der Waals surface area contributed by atoms with Crippen molar-refractivity contribution in [3.05, 3.63) is 35.4 Å². The van der Waals surface area contributed by atoms with Crippen LogP contribution in [-0.2, 0) is 6.42 Å². The van der Waals surface area contributed by atoms with Crippen molar-refractivity contribution in [2.75, 3.05) is 0 Å². The number of aliphatic hydroxyl groups excluding tert-OH is 1. The molecule has 1 atom stereocenters. The van der Waals surface area contributed by atoms with Crippen LogP contribution in [0.4, 0.5) is 8.78 Å². The Labute approximate surface area is 101 Å². The molecule has 1 aromatic carbocycles. The van der Waals surface area contributed by atoms with E-state index < -0.39 is 17.7 Å². The van der Waals surface area contributed by atoms with Crippen LogP contribution >= 0.6 is 0 Å². The normalized spacial score (nSPS) is 13.1. The zero-order valence-corrected chi connectivity index (χ0v) is 10.4. The number of hydrogen-bond acceptors (Lipinski definition) is 1. The van der Waals surface area contributed by atoms with E-state index in [9.17, 15) is 13.9 Å². The van der Waals surface area contributed by atoms with Crippen molar-refractivity contribution < 1.29 is 13.9 Å². The van der Waals surface area contributed by atoms with Gasteiger partial charge in [0, 0.05) is 12.0 Å². The first kappa shape index (κ1) is 14.1. The summed E-state index contributed by atoms with van der Waals surface area (Å²) in [6.07, 6.45) is 1.88. The van der Waals surface area contributed by atoms with Gasteiger partial charge in [-0.15, -0.1) is 0 Å². The van der Waals surface area contributed by atoms with Crippen LogP contribution < -0.4 is 0 Å². The molecule has 17 heavy (non-hydrogen) atoms. The molecule has 1 aromatic rings. The Morgan fingerprint density at radius 1 is 1.12 bits per heavy atom. The molecule has 0 saturated heterocycles. The Morgan fingerprint density at radius 2 is 1.71 bits per heavy atom. The van der Waals surface area contributed by atoms with Gasteiger partial charge < -0.3 is 5.11 Å². The van der Waals surface area contributed by atoms with Crippen LogP contribution in [0.15, 0.2) is 18.2 Å². The molecule has 0 aliphatic heterocycles. The standard InChI is InChI=1S/C14H20F2O/c1-10(2)5-3-6-11(17)9-12-13(15)7-4-8-14(12)16/h4,7-8,10-11,17H,3,5-6,9H2,1-2H3. The van der Waals surface area contributed by atoms with E-state index in [1.54, 1.807) is 0 Å². The fourth-order valence-corrected chi connectivity index (χ4v) is 1.83. The van der Waals surface area contributed by atoms with Crippen molar-refractivity contribution >= 4 is 0 Å². The van der Waals surface area contributed by atoms with Gasteiger partial charge in [0.1, 0.15) is 11.6 Å². The van der Waals surface area contributed by atoms with Gasteiger partial charge in [-0.2, -0.15) is 0 Å². The van der Waals surface area contributed by atoms with E-state index in [1.807, 2.05) is 0 Å². The van der Waals surface area contributed by atoms with Gasteiger partial charge in [-0.1, -0.05) is 32.8 Å². The molecule has 1 rings (SSSR count). The lowest BCUT2D eigenvalue weighted by atomic mass is 9.99. The van der Waals surface area contributed by atoms with Crippen LogP contribution in [0.25, 0.3) is 0 Å². The third-order valence-corrected chi connectivity index (χ3v) is 2.82. The molecular formula is C14H20F2O. The Balaban J connectivity index is 2.47. The molecule has 1 unspecified atom stereocenters. The predicted molar refractivity (Wildman–Crippen MR) is 64.8 cm³/mol. The lowest BCUT2D eigenvalue weighted by Gasteiger charge is -2.12. The summed E-state index contributed by atoms with van der Waals surface area (Å²) in [5, 5.41) is 9.73. The van der Waals surface area contributed by atoms with Crippen LogP contribution in [0.5, 0.6) is 0 Å². The summed E-state index contributed by atoms with van der Waals surface area (Å²) in [7, 11) is 0. The minimum absolute atomic E-state index is 0.00968. The Hall–Kier alpha value is -0.960. The summed E-state index contributed by atoms with van der Waals surface area (Å²) in [4.78, 5) is 0. The third kappa shape index (κ3) is 4.82. The first-order valence-corrected chi connectivity index (χ1v) is 6.11. The van der Waals surface area contributed by atoms with Crippen LogP contribution in [-0.4, -0.2) is 11.2 Å². The molecule has 0 aliphatic rings. The molecule has 3 heteroatoms. The van der Waals surface area contributed by atoms with E-state index in [0.29, 0.717) is 12.3 Å². The highest BCUT2D eigenvalue weighted by Crippen LogP contribution is 2.17. The van der Waals surface area contributed by atoms with Gasteiger partial charge in [0.05, 0.1) is 6.10 Å². The molecule has 0 amide bonds. The van der Waals surface area contributed by atoms with Crippen LogP contribution in [0, 0.1) is 17.6 Å². The van der Waals surface area contributed by atoms with Crippen molar-refractivity contribution in [1.82, 2.24) is 0 Å². The Bertz CT molecular complexity index is 330. The molecule has 0 spiro atoms. The fraction of sp³-hybridized carbons (Fsp3) is 0.571. The van der Waals surface area contributed by atoms with Crippen molar-refractivity contribution in [2.24, 2.45) is 5.92 Å². The maximum Gasteiger partial charge on any atom is 0.129 e. The van der Waals surface area contributed by atoms with Crippen LogP contribution in [0.2, 0.25) is 0 Å². The zero-order chi connectivity index (χ0) is 12.8. The monoisotopic (exact) mass is 242 g/mol. The first-order valence-electron chi connectivity index (χ1n) is 6.11. The van der Waals surface area contributed by atoms with Gasteiger partial charge in [0.2, 0.25) is 0 Å². The summed E-state index contributed by atoms with van der Waals surface area (Å²) in [6, 6.07) is 3.78. The molecular weight excluding hydrogens is 222 g/mol. The summed E-state index contributed by atoms with van der Waals surface area (Å²) < 4.78 is 26.6. The van der Waals surface area contributed by atoms with E-state index in [-0.39, 0.29) is 12.0 Å².